The third-order valence-corrected chi connectivity index (χ3v) is 15.2. The molecule has 0 spiro atoms. The van der Waals surface area contributed by atoms with Gasteiger partial charge >= 0.3 is 11.9 Å². The van der Waals surface area contributed by atoms with Gasteiger partial charge in [0.25, 0.3) is 0 Å². The Morgan fingerprint density at radius 2 is 0.831 bits per heavy atom. The van der Waals surface area contributed by atoms with E-state index in [1.54, 1.807) is 19.1 Å². The van der Waals surface area contributed by atoms with Gasteiger partial charge in [0, 0.05) is 5.57 Å². The van der Waals surface area contributed by atoms with Crippen LogP contribution < -0.4 is 14.2 Å². The van der Waals surface area contributed by atoms with Crippen LogP contribution in [-0.2, 0) is 64.0 Å². The molecule has 468 valence electrons. The van der Waals surface area contributed by atoms with Crippen molar-refractivity contribution in [3.63, 3.8) is 0 Å². The van der Waals surface area contributed by atoms with Gasteiger partial charge in [0.15, 0.2) is 11.5 Å². The number of hydrogen-bond donors (Lipinski definition) is 0. The van der Waals surface area contributed by atoms with Crippen LogP contribution in [0.25, 0.3) is 0 Å². The maximum Gasteiger partial charge on any atom is 0.338 e. The molecule has 1 unspecified atom stereocenters. The Kier molecular flexibility index (Phi) is 41.7. The van der Waals surface area contributed by atoms with Crippen molar-refractivity contribution < 1.29 is 57.0 Å². The van der Waals surface area contributed by atoms with Crippen LogP contribution in [-0.4, -0.2) is 97.3 Å². The van der Waals surface area contributed by atoms with E-state index in [1.807, 2.05) is 0 Å². The highest BCUT2D eigenvalue weighted by molar-refractivity contribution is 5.91. The second kappa shape index (κ2) is 48.7. The highest BCUT2D eigenvalue weighted by Crippen LogP contribution is 2.41. The first-order chi connectivity index (χ1) is 40.9. The van der Waals surface area contributed by atoms with Gasteiger partial charge < -0.3 is 47.4 Å². The van der Waals surface area contributed by atoms with Gasteiger partial charge in [-0.2, -0.15) is 0 Å². The van der Waals surface area contributed by atoms with Crippen LogP contribution in [0.5, 0.6) is 17.2 Å². The fourth-order valence-electron chi connectivity index (χ4n) is 10.1. The van der Waals surface area contributed by atoms with Crippen LogP contribution in [0.2, 0.25) is 0 Å². The summed E-state index contributed by atoms with van der Waals surface area (Å²) in [7, 11) is 0. The molecule has 0 bridgehead atoms. The van der Waals surface area contributed by atoms with Gasteiger partial charge in [-0.05, 0) is 79.8 Å². The molecule has 83 heavy (non-hydrogen) atoms. The van der Waals surface area contributed by atoms with Gasteiger partial charge in [-0.1, -0.05) is 229 Å². The number of benzene rings is 3. The summed E-state index contributed by atoms with van der Waals surface area (Å²) >= 11 is 0. The summed E-state index contributed by atoms with van der Waals surface area (Å²) in [5.74, 6) is 0.443. The van der Waals surface area contributed by atoms with Gasteiger partial charge in [-0.3, -0.25) is 0 Å². The smallest absolute Gasteiger partial charge is 0.338 e. The minimum atomic E-state index is -0.537. The molecule has 0 radical (unpaired) electrons. The number of rotatable bonds is 45. The third kappa shape index (κ3) is 35.6. The van der Waals surface area contributed by atoms with E-state index in [0.717, 1.165) is 81.8 Å². The predicted molar refractivity (Wildman–Crippen MR) is 335 cm³/mol. The lowest BCUT2D eigenvalue weighted by Crippen LogP contribution is -2.29. The summed E-state index contributed by atoms with van der Waals surface area (Å²) in [5, 5.41) is 0. The van der Waals surface area contributed by atoms with Crippen molar-refractivity contribution in [2.75, 3.05) is 79.3 Å². The summed E-state index contributed by atoms with van der Waals surface area (Å²) in [6, 6.07) is 20.9. The molecular formula is C71H112O12. The standard InChI is InChI=1S/C71H112O12/c1-5-7-9-11-13-15-18-22-26-30-34-61-36-40-63(41-37-61)56-81-68-55-65(71(73)83-59-66-58-77-51-50-75-47-46-74-48-49-76-52-53-78-66)54-67(79-44-32-28-24-20-17-21-25-29-33-45-80-70(72)60(3)4)69(68)82-57-64-42-38-62(39-43-64)35-31-27-23-19-16-14-12-10-8-6-2/h36-43,54-55,66H,3,5-35,44-53,56-59H2,1-2,4H3. The topological polar surface area (TPSA) is 126 Å². The van der Waals surface area contributed by atoms with Crippen LogP contribution in [0.1, 0.15) is 240 Å². The molecule has 0 amide bonds. The molecule has 3 aromatic carbocycles. The van der Waals surface area contributed by atoms with E-state index < -0.39 is 12.1 Å². The van der Waals surface area contributed by atoms with Crippen LogP contribution >= 0.6 is 0 Å². The fraction of sp³-hybridized carbons (Fsp3) is 0.690. The number of hydrogen-bond acceptors (Lipinski definition) is 12. The van der Waals surface area contributed by atoms with Crippen LogP contribution in [0.3, 0.4) is 0 Å². The second-order valence-electron chi connectivity index (χ2n) is 22.8. The Labute approximate surface area is 503 Å². The van der Waals surface area contributed by atoms with Crippen LogP contribution in [0.4, 0.5) is 0 Å². The molecule has 4 rings (SSSR count). The first-order valence-electron chi connectivity index (χ1n) is 33.0. The van der Waals surface area contributed by atoms with Crippen molar-refractivity contribution in [1.29, 1.82) is 0 Å². The first kappa shape index (κ1) is 71.0. The SMILES string of the molecule is C=C(C)C(=O)OCCCCCCCCCCCOc1cc(C(=O)OCC2COCCOCCOCCOCCO2)cc(OCc2ccc(CCCCCCCCCCCC)cc2)c1OCc1ccc(CCCCCCCCCCCC)cc1. The average molecular weight is 1160 g/mol. The quantitative estimate of drug-likeness (QED) is 0.0304. The molecule has 1 aliphatic heterocycles. The molecule has 1 fully saturated rings. The largest absolute Gasteiger partial charge is 0.490 e. The molecule has 0 saturated carbocycles. The minimum absolute atomic E-state index is 0.0288. The number of unbranched alkanes of at least 4 members (excludes halogenated alkanes) is 26. The lowest BCUT2D eigenvalue weighted by molar-refractivity contribution is -0.139. The molecule has 3 aromatic rings. The van der Waals surface area contributed by atoms with Crippen molar-refractivity contribution in [3.8, 4) is 17.2 Å². The first-order valence-corrected chi connectivity index (χ1v) is 33.0. The van der Waals surface area contributed by atoms with Crippen molar-refractivity contribution >= 4 is 11.9 Å². The lowest BCUT2D eigenvalue weighted by atomic mass is 10.0. The summed E-state index contributed by atoms with van der Waals surface area (Å²) in [4.78, 5) is 25.8. The van der Waals surface area contributed by atoms with E-state index in [9.17, 15) is 9.59 Å². The zero-order valence-corrected chi connectivity index (χ0v) is 52.3. The Bertz CT molecular complexity index is 2060. The van der Waals surface area contributed by atoms with Gasteiger partial charge in [0.2, 0.25) is 5.75 Å². The average Bonchev–Trinajstić information content (AvgIpc) is 3.54. The zero-order chi connectivity index (χ0) is 58.9. The van der Waals surface area contributed by atoms with E-state index in [4.69, 9.17) is 47.4 Å². The van der Waals surface area contributed by atoms with E-state index >= 15 is 0 Å². The monoisotopic (exact) mass is 1160 g/mol. The summed E-state index contributed by atoms with van der Waals surface area (Å²) in [6.07, 6.45) is 37.5. The van der Waals surface area contributed by atoms with Crippen LogP contribution in [0.15, 0.2) is 72.8 Å². The van der Waals surface area contributed by atoms with E-state index in [0.29, 0.717) is 95.5 Å². The number of ether oxygens (including phenoxy) is 10. The van der Waals surface area contributed by atoms with Crippen LogP contribution in [0, 0.1) is 0 Å². The lowest BCUT2D eigenvalue weighted by Gasteiger charge is -2.20. The molecule has 0 N–H and O–H groups in total. The van der Waals surface area contributed by atoms with Gasteiger partial charge in [-0.15, -0.1) is 0 Å². The predicted octanol–water partition coefficient (Wildman–Crippen LogP) is 17.4. The number of aryl methyl sites for hydroxylation is 2. The Hall–Kier alpha value is -4.46. The molecule has 1 atom stereocenters. The third-order valence-electron chi connectivity index (χ3n) is 15.2. The highest BCUT2D eigenvalue weighted by atomic mass is 16.6. The zero-order valence-electron chi connectivity index (χ0n) is 52.3. The maximum atomic E-state index is 14.2. The van der Waals surface area contributed by atoms with Crippen molar-refractivity contribution in [2.45, 2.75) is 239 Å². The van der Waals surface area contributed by atoms with Gasteiger partial charge in [0.1, 0.15) is 25.9 Å². The fourth-order valence-corrected chi connectivity index (χ4v) is 10.1. The van der Waals surface area contributed by atoms with Gasteiger partial charge in [-0.25, -0.2) is 9.59 Å². The Morgan fingerprint density at radius 3 is 1.30 bits per heavy atom. The number of carbonyl (C=O) groups excluding carboxylic acids is 2. The van der Waals surface area contributed by atoms with Crippen molar-refractivity contribution in [2.24, 2.45) is 0 Å². The number of carbonyl (C=O) groups is 2. The summed E-state index contributed by atoms with van der Waals surface area (Å²) < 4.78 is 60.1. The summed E-state index contributed by atoms with van der Waals surface area (Å²) in [5.41, 5.74) is 5.44. The minimum Gasteiger partial charge on any atom is -0.490 e. The molecule has 0 aromatic heterocycles. The molecule has 0 aliphatic carbocycles. The van der Waals surface area contributed by atoms with E-state index in [1.165, 1.54) is 140 Å². The van der Waals surface area contributed by atoms with E-state index in [2.05, 4.69) is 69.0 Å². The summed E-state index contributed by atoms with van der Waals surface area (Å²) in [6.45, 7) is 14.9. The molecule has 1 saturated heterocycles. The second-order valence-corrected chi connectivity index (χ2v) is 22.8. The molecule has 12 nitrogen and oxygen atoms in total. The highest BCUT2D eigenvalue weighted by Gasteiger charge is 2.22. The van der Waals surface area contributed by atoms with Crippen molar-refractivity contribution in [1.82, 2.24) is 0 Å². The molecule has 1 heterocycles. The van der Waals surface area contributed by atoms with Gasteiger partial charge in [0.05, 0.1) is 78.2 Å². The Morgan fingerprint density at radius 1 is 0.446 bits per heavy atom. The maximum absolute atomic E-state index is 14.2. The molecular weight excluding hydrogens is 1040 g/mol. The molecule has 1 aliphatic rings. The molecule has 12 heteroatoms. The normalized spacial score (nSPS) is 14.6. The number of esters is 2. The van der Waals surface area contributed by atoms with Crippen molar-refractivity contribution in [3.05, 3.63) is 101 Å². The Balaban J connectivity index is 1.45. The van der Waals surface area contributed by atoms with E-state index in [-0.39, 0.29) is 31.4 Å².